The van der Waals surface area contributed by atoms with Gasteiger partial charge in [-0.3, -0.25) is 4.79 Å². The van der Waals surface area contributed by atoms with Crippen LogP contribution in [0.5, 0.6) is 17.2 Å². The van der Waals surface area contributed by atoms with Crippen molar-refractivity contribution in [2.24, 2.45) is 0 Å². The highest BCUT2D eigenvalue weighted by Gasteiger charge is 2.35. The molecule has 8 nitrogen and oxygen atoms in total. The second kappa shape index (κ2) is 8.26. The highest BCUT2D eigenvalue weighted by Crippen LogP contribution is 2.46. The Labute approximate surface area is 183 Å². The van der Waals surface area contributed by atoms with E-state index in [1.54, 1.807) is 22.8 Å². The minimum atomic E-state index is -1.21. The molecule has 2 heterocycles. The Morgan fingerprint density at radius 3 is 2.38 bits per heavy atom. The van der Waals surface area contributed by atoms with Crippen LogP contribution in [0.25, 0.3) is 5.69 Å². The Morgan fingerprint density at radius 1 is 1.12 bits per heavy atom. The van der Waals surface area contributed by atoms with Gasteiger partial charge in [0.25, 0.3) is 0 Å². The molecule has 4 rings (SSSR count). The molecule has 3 aromatic rings. The molecule has 1 aliphatic heterocycles. The van der Waals surface area contributed by atoms with Crippen molar-refractivity contribution in [3.8, 4) is 22.9 Å². The maximum Gasteiger partial charge on any atom is 0.339 e. The zero-order valence-electron chi connectivity index (χ0n) is 17.6. The monoisotopic (exact) mass is 440 g/mol. The van der Waals surface area contributed by atoms with Crippen molar-refractivity contribution < 1.29 is 33.3 Å². The lowest BCUT2D eigenvalue weighted by molar-refractivity contribution is -0.116. The van der Waals surface area contributed by atoms with Gasteiger partial charge in [-0.1, -0.05) is 6.07 Å². The summed E-state index contributed by atoms with van der Waals surface area (Å²) in [6.45, 7) is 0. The highest BCUT2D eigenvalue weighted by atomic mass is 19.1. The molecule has 2 N–H and O–H groups in total. The quantitative estimate of drug-likeness (QED) is 0.605. The predicted molar refractivity (Wildman–Crippen MR) is 114 cm³/mol. The third-order valence-electron chi connectivity index (χ3n) is 5.43. The van der Waals surface area contributed by atoms with Gasteiger partial charge in [-0.25, -0.2) is 9.18 Å². The molecule has 0 aliphatic carbocycles. The maximum atomic E-state index is 14.0. The Hall–Kier alpha value is -4.01. The van der Waals surface area contributed by atoms with E-state index in [9.17, 15) is 19.1 Å². The predicted octanol–water partition coefficient (Wildman–Crippen LogP) is 3.81. The van der Waals surface area contributed by atoms with Gasteiger partial charge in [-0.15, -0.1) is 0 Å². The zero-order chi connectivity index (χ0) is 23.0. The van der Waals surface area contributed by atoms with Gasteiger partial charge in [0.05, 0.1) is 32.7 Å². The van der Waals surface area contributed by atoms with Crippen molar-refractivity contribution in [1.29, 1.82) is 0 Å². The van der Waals surface area contributed by atoms with Crippen LogP contribution in [0.15, 0.2) is 42.6 Å². The van der Waals surface area contributed by atoms with Gasteiger partial charge < -0.3 is 29.2 Å². The summed E-state index contributed by atoms with van der Waals surface area (Å²) in [7, 11) is 4.45. The number of rotatable bonds is 6. The molecule has 0 spiro atoms. The van der Waals surface area contributed by atoms with Crippen molar-refractivity contribution in [2.75, 3.05) is 26.6 Å². The van der Waals surface area contributed by atoms with Crippen LogP contribution in [0.1, 0.15) is 34.0 Å². The maximum absolute atomic E-state index is 14.0. The number of aromatic nitrogens is 1. The number of carbonyl (C=O) groups excluding carboxylic acids is 1. The highest BCUT2D eigenvalue weighted by molar-refractivity contribution is 6.04. The van der Waals surface area contributed by atoms with Gasteiger partial charge in [0, 0.05) is 24.2 Å². The van der Waals surface area contributed by atoms with E-state index in [1.807, 2.05) is 0 Å². The fraction of sp³-hybridized carbons (Fsp3) is 0.217. The number of hydrogen-bond acceptors (Lipinski definition) is 5. The van der Waals surface area contributed by atoms with E-state index in [0.717, 1.165) is 0 Å². The number of carboxylic acids is 1. The van der Waals surface area contributed by atoms with Crippen LogP contribution in [0, 0.1) is 5.82 Å². The third kappa shape index (κ3) is 3.51. The summed E-state index contributed by atoms with van der Waals surface area (Å²) in [5.41, 5.74) is 1.69. The number of ether oxygens (including phenoxy) is 3. The summed E-state index contributed by atoms with van der Waals surface area (Å²) in [4.78, 5) is 24.5. The van der Waals surface area contributed by atoms with Gasteiger partial charge in [0.15, 0.2) is 11.5 Å². The number of carbonyl (C=O) groups is 2. The standard InChI is InChI=1S/C23H21FN2O6/c1-30-17-7-12(8-18(31-2)22(17)32-3)15-10-19(27)25-20-16(23(28)29)11-26(21(15)20)14-6-4-5-13(24)9-14/h4-9,11,15H,10H2,1-3H3,(H,25,27)(H,28,29)/t15-/m1/s1. The Balaban J connectivity index is 1.99. The average molecular weight is 440 g/mol. The average Bonchev–Trinajstić information content (AvgIpc) is 3.17. The van der Waals surface area contributed by atoms with Crippen molar-refractivity contribution in [3.05, 3.63) is 65.2 Å². The van der Waals surface area contributed by atoms with Crippen molar-refractivity contribution in [3.63, 3.8) is 0 Å². The first kappa shape index (κ1) is 21.2. The van der Waals surface area contributed by atoms with Gasteiger partial charge in [-0.05, 0) is 35.9 Å². The van der Waals surface area contributed by atoms with Crippen LogP contribution in [-0.4, -0.2) is 42.9 Å². The lowest BCUT2D eigenvalue weighted by Gasteiger charge is -2.27. The Kier molecular flexibility index (Phi) is 5.48. The number of amides is 1. The van der Waals surface area contributed by atoms with Crippen LogP contribution in [-0.2, 0) is 4.79 Å². The molecular formula is C23H21FN2O6. The second-order valence-corrected chi connectivity index (χ2v) is 7.22. The summed E-state index contributed by atoms with van der Waals surface area (Å²) >= 11 is 0. The number of aromatic carboxylic acids is 1. The number of halogens is 1. The number of anilines is 1. The first-order valence-corrected chi connectivity index (χ1v) is 9.72. The van der Waals surface area contributed by atoms with Gasteiger partial charge in [0.2, 0.25) is 11.7 Å². The fourth-order valence-corrected chi connectivity index (χ4v) is 4.05. The number of carboxylic acid groups (broad SMARTS) is 1. The molecule has 1 amide bonds. The molecule has 0 unspecified atom stereocenters. The number of nitrogens with zero attached hydrogens (tertiary/aromatic N) is 1. The molecule has 1 atom stereocenters. The minimum absolute atomic E-state index is 0.0457. The van der Waals surface area contributed by atoms with Crippen LogP contribution in [0.4, 0.5) is 10.1 Å². The second-order valence-electron chi connectivity index (χ2n) is 7.22. The summed E-state index contributed by atoms with van der Waals surface area (Å²) in [6, 6.07) is 9.24. The van der Waals surface area contributed by atoms with Gasteiger partial charge in [-0.2, -0.15) is 0 Å². The van der Waals surface area contributed by atoms with E-state index < -0.39 is 17.7 Å². The Morgan fingerprint density at radius 2 is 1.81 bits per heavy atom. The molecule has 1 aliphatic rings. The lowest BCUT2D eigenvalue weighted by atomic mass is 9.87. The van der Waals surface area contributed by atoms with E-state index in [4.69, 9.17) is 14.2 Å². The Bertz CT molecular complexity index is 1190. The molecular weight excluding hydrogens is 419 g/mol. The summed E-state index contributed by atoms with van der Waals surface area (Å²) in [5, 5.41) is 12.4. The SMILES string of the molecule is COc1cc([C@H]2CC(=O)Nc3c(C(=O)O)cn(-c4cccc(F)c4)c32)cc(OC)c1OC. The van der Waals surface area contributed by atoms with Crippen molar-refractivity contribution >= 4 is 17.6 Å². The van der Waals surface area contributed by atoms with Crippen molar-refractivity contribution in [2.45, 2.75) is 12.3 Å². The molecule has 166 valence electrons. The molecule has 0 bridgehead atoms. The molecule has 0 fully saturated rings. The van der Waals surface area contributed by atoms with E-state index in [0.29, 0.717) is 34.2 Å². The van der Waals surface area contributed by atoms with E-state index >= 15 is 0 Å². The zero-order valence-corrected chi connectivity index (χ0v) is 17.6. The largest absolute Gasteiger partial charge is 0.493 e. The van der Waals surface area contributed by atoms with Gasteiger partial charge in [0.1, 0.15) is 11.4 Å². The normalized spacial score (nSPS) is 15.0. The summed E-state index contributed by atoms with van der Waals surface area (Å²) in [6.07, 6.45) is 1.43. The summed E-state index contributed by atoms with van der Waals surface area (Å²) < 4.78 is 31.8. The van der Waals surface area contributed by atoms with E-state index in [2.05, 4.69) is 5.32 Å². The molecule has 0 saturated carbocycles. The number of methoxy groups -OCH3 is 3. The number of benzene rings is 2. The summed E-state index contributed by atoms with van der Waals surface area (Å²) in [5.74, 6) is -1.37. The van der Waals surface area contributed by atoms with Crippen LogP contribution < -0.4 is 19.5 Å². The molecule has 1 aromatic heterocycles. The third-order valence-corrected chi connectivity index (χ3v) is 5.43. The van der Waals surface area contributed by atoms with E-state index in [-0.39, 0.29) is 23.6 Å². The number of fused-ring (bicyclic) bond motifs is 1. The van der Waals surface area contributed by atoms with Crippen LogP contribution in [0.3, 0.4) is 0 Å². The first-order valence-electron chi connectivity index (χ1n) is 9.72. The molecule has 32 heavy (non-hydrogen) atoms. The molecule has 0 saturated heterocycles. The fourth-order valence-electron chi connectivity index (χ4n) is 4.05. The molecule has 0 radical (unpaired) electrons. The van der Waals surface area contributed by atoms with Crippen LogP contribution >= 0.6 is 0 Å². The smallest absolute Gasteiger partial charge is 0.339 e. The van der Waals surface area contributed by atoms with Crippen LogP contribution in [0.2, 0.25) is 0 Å². The molecule has 9 heteroatoms. The first-order chi connectivity index (χ1) is 15.4. The topological polar surface area (TPSA) is 99.0 Å². The molecule has 2 aromatic carbocycles. The number of nitrogens with one attached hydrogen (secondary N) is 1. The van der Waals surface area contributed by atoms with E-state index in [1.165, 1.54) is 45.7 Å². The number of hydrogen-bond donors (Lipinski definition) is 2. The lowest BCUT2D eigenvalue weighted by Crippen LogP contribution is -2.25. The van der Waals surface area contributed by atoms with Crippen molar-refractivity contribution in [1.82, 2.24) is 4.57 Å². The minimum Gasteiger partial charge on any atom is -0.493 e. The van der Waals surface area contributed by atoms with Gasteiger partial charge >= 0.3 is 5.97 Å².